The van der Waals surface area contributed by atoms with Crippen LogP contribution >= 0.6 is 25.0 Å². The summed E-state index contributed by atoms with van der Waals surface area (Å²) >= 11 is 0. The molecule has 2 unspecified atom stereocenters. The van der Waals surface area contributed by atoms with Crippen molar-refractivity contribution in [3.05, 3.63) is 0 Å². The molecular formula is C2H8BF2O5P3. The van der Waals surface area contributed by atoms with Gasteiger partial charge < -0.3 is 19.2 Å². The third kappa shape index (κ3) is 4.37. The summed E-state index contributed by atoms with van der Waals surface area (Å²) in [7, 11) is -5.79. The molecule has 0 rings (SSSR count). The zero-order valence-electron chi connectivity index (χ0n) is 6.76. The summed E-state index contributed by atoms with van der Waals surface area (Å²) in [6, 6.07) is 0. The number of alkyl halides is 2. The minimum absolute atomic E-state index is 1.23. The van der Waals surface area contributed by atoms with Crippen LogP contribution in [0.2, 0.25) is 0 Å². The van der Waals surface area contributed by atoms with Crippen LogP contribution in [-0.4, -0.2) is 34.8 Å². The van der Waals surface area contributed by atoms with E-state index in [0.717, 1.165) is 0 Å². The van der Waals surface area contributed by atoms with Crippen LogP contribution in [0.25, 0.3) is 0 Å². The summed E-state index contributed by atoms with van der Waals surface area (Å²) in [6.45, 7) is 0. The van der Waals surface area contributed by atoms with Gasteiger partial charge in [0.1, 0.15) is 8.25 Å². The molecule has 0 aliphatic carbocycles. The predicted molar refractivity (Wildman–Crippen MR) is 49.0 cm³/mol. The lowest BCUT2D eigenvalue weighted by molar-refractivity contribution is 0.144. The molecule has 11 heteroatoms. The highest BCUT2D eigenvalue weighted by molar-refractivity contribution is 7.80. The summed E-state index contributed by atoms with van der Waals surface area (Å²) in [4.78, 5) is 25.3. The van der Waals surface area contributed by atoms with Gasteiger partial charge in [0.05, 0.1) is 0 Å². The van der Waals surface area contributed by atoms with Crippen LogP contribution in [0.5, 0.6) is 0 Å². The van der Waals surface area contributed by atoms with E-state index < -0.39 is 30.4 Å². The first kappa shape index (κ1) is 14.0. The highest BCUT2D eigenvalue weighted by Crippen LogP contribution is 2.67. The first-order valence-electron chi connectivity index (χ1n) is 2.83. The molecule has 0 aliphatic heterocycles. The Labute approximate surface area is 78.2 Å². The van der Waals surface area contributed by atoms with Gasteiger partial charge in [-0.3, -0.25) is 4.31 Å². The van der Waals surface area contributed by atoms with Gasteiger partial charge in [-0.15, -0.1) is 0 Å². The van der Waals surface area contributed by atoms with E-state index in [1.165, 1.54) is 14.7 Å². The van der Waals surface area contributed by atoms with Crippen molar-refractivity contribution in [2.24, 2.45) is 0 Å². The summed E-state index contributed by atoms with van der Waals surface area (Å²) in [5, 5.41) is -4.00. The molecule has 0 aliphatic rings. The average Bonchev–Trinajstić information content (AvgIpc) is 2.03. The number of hydrogen-bond donors (Lipinski definition) is 3. The van der Waals surface area contributed by atoms with Crippen molar-refractivity contribution >= 4 is 32.6 Å². The van der Waals surface area contributed by atoms with Crippen molar-refractivity contribution in [3.8, 4) is 0 Å². The Morgan fingerprint density at radius 2 is 1.77 bits per heavy atom. The van der Waals surface area contributed by atoms with Crippen molar-refractivity contribution < 1.29 is 32.3 Å². The molecule has 3 N–H and O–H groups in total. The molecule has 2 atom stereocenters. The van der Waals surface area contributed by atoms with Crippen LogP contribution < -0.4 is 0 Å². The molecular weight excluding hydrogens is 246 g/mol. The standard InChI is InChI=1S/C2H8BF2O5P3/c1-9-13(3)10-12(8)2(4,5)11(6)7/h6-8H,3H2,1H3. The van der Waals surface area contributed by atoms with Crippen molar-refractivity contribution in [1.29, 1.82) is 0 Å². The molecule has 13 heavy (non-hydrogen) atoms. The van der Waals surface area contributed by atoms with Gasteiger partial charge in [-0.1, -0.05) is 0 Å². The molecule has 0 aromatic carbocycles. The molecule has 0 aromatic heterocycles. The minimum atomic E-state index is -4.00. The quantitative estimate of drug-likeness (QED) is 0.496. The Balaban J connectivity index is 4.16. The molecule has 0 bridgehead atoms. The second kappa shape index (κ2) is 5.79. The minimum Gasteiger partial charge on any atom is -0.345 e. The predicted octanol–water partition coefficient (Wildman–Crippen LogP) is 0.660. The van der Waals surface area contributed by atoms with Crippen molar-refractivity contribution in [2.45, 2.75) is 5.40 Å². The third-order valence-corrected chi connectivity index (χ3v) is 4.96. The molecule has 0 heterocycles. The third-order valence-electron chi connectivity index (χ3n) is 0.920. The smallest absolute Gasteiger partial charge is 0.345 e. The van der Waals surface area contributed by atoms with Gasteiger partial charge >= 0.3 is 5.40 Å². The molecule has 0 fully saturated rings. The van der Waals surface area contributed by atoms with E-state index in [4.69, 9.17) is 14.7 Å². The largest absolute Gasteiger partial charge is 0.380 e. The molecule has 0 radical (unpaired) electrons. The number of halogens is 2. The van der Waals surface area contributed by atoms with Crippen LogP contribution in [-0.2, 0) is 8.83 Å². The number of hydrogen-bond acceptors (Lipinski definition) is 5. The first-order valence-corrected chi connectivity index (χ1v) is 6.91. The van der Waals surface area contributed by atoms with E-state index in [0.29, 0.717) is 0 Å². The van der Waals surface area contributed by atoms with Gasteiger partial charge in [-0.05, 0) is 0 Å². The normalized spacial score (nSPS) is 17.5. The molecule has 0 spiro atoms. The lowest BCUT2D eigenvalue weighted by Crippen LogP contribution is -2.11. The fourth-order valence-corrected chi connectivity index (χ4v) is 2.74. The molecule has 78 valence electrons. The first-order chi connectivity index (χ1) is 5.82. The Hall–Kier alpha value is 1.01. The fraction of sp³-hybridized carbons (Fsp3) is 1.00. The van der Waals surface area contributed by atoms with E-state index in [9.17, 15) is 8.78 Å². The zero-order chi connectivity index (χ0) is 10.6. The van der Waals surface area contributed by atoms with Crippen molar-refractivity contribution in [2.75, 3.05) is 7.11 Å². The summed E-state index contributed by atoms with van der Waals surface area (Å²) in [6.07, 6.45) is 0. The SMILES string of the molecule is BP(OC)OP(O)C(F)(F)P(O)O. The van der Waals surface area contributed by atoms with Crippen molar-refractivity contribution in [1.82, 2.24) is 0 Å². The maximum absolute atomic E-state index is 12.6. The molecule has 5 nitrogen and oxygen atoms in total. The number of rotatable bonds is 5. The topological polar surface area (TPSA) is 79.2 Å². The van der Waals surface area contributed by atoms with Crippen LogP contribution in [0, 0.1) is 0 Å². The van der Waals surface area contributed by atoms with Crippen LogP contribution in [0.3, 0.4) is 0 Å². The highest BCUT2D eigenvalue weighted by atomic mass is 31.2. The molecule has 0 saturated heterocycles. The Morgan fingerprint density at radius 3 is 2.08 bits per heavy atom. The van der Waals surface area contributed by atoms with Crippen LogP contribution in [0.4, 0.5) is 8.78 Å². The summed E-state index contributed by atoms with van der Waals surface area (Å²) in [5.74, 6) is 0. The maximum atomic E-state index is 12.6. The second-order valence-corrected chi connectivity index (χ2v) is 6.27. The second-order valence-electron chi connectivity index (χ2n) is 1.78. The highest BCUT2D eigenvalue weighted by Gasteiger charge is 2.49. The van der Waals surface area contributed by atoms with E-state index >= 15 is 0 Å². The van der Waals surface area contributed by atoms with Gasteiger partial charge in [-0.2, -0.15) is 8.78 Å². The molecule has 0 saturated carbocycles. The lowest BCUT2D eigenvalue weighted by atomic mass is 10.8. The van der Waals surface area contributed by atoms with Gasteiger partial charge in [0.2, 0.25) is 7.57 Å². The van der Waals surface area contributed by atoms with E-state index in [-0.39, 0.29) is 0 Å². The Morgan fingerprint density at radius 1 is 1.31 bits per heavy atom. The fourth-order valence-electron chi connectivity index (χ4n) is 0.268. The maximum Gasteiger partial charge on any atom is 0.380 e. The zero-order valence-corrected chi connectivity index (χ0v) is 9.44. The van der Waals surface area contributed by atoms with Gasteiger partial charge in [-0.25, -0.2) is 0 Å². The van der Waals surface area contributed by atoms with E-state index in [2.05, 4.69) is 8.83 Å². The van der Waals surface area contributed by atoms with Crippen LogP contribution in [0.1, 0.15) is 0 Å². The van der Waals surface area contributed by atoms with Gasteiger partial charge in [0, 0.05) is 7.11 Å². The summed E-state index contributed by atoms with van der Waals surface area (Å²) < 4.78 is 34.0. The van der Waals surface area contributed by atoms with Gasteiger partial charge in [0.15, 0.2) is 0 Å². The van der Waals surface area contributed by atoms with Crippen molar-refractivity contribution in [3.63, 3.8) is 0 Å². The van der Waals surface area contributed by atoms with Gasteiger partial charge in [0.25, 0.3) is 16.8 Å². The molecule has 0 aromatic rings. The monoisotopic (exact) mass is 254 g/mol. The van der Waals surface area contributed by atoms with E-state index in [1.54, 1.807) is 0 Å². The summed E-state index contributed by atoms with van der Waals surface area (Å²) in [5.41, 5.74) is 0. The lowest BCUT2D eigenvalue weighted by Gasteiger charge is -2.23. The Kier molecular flexibility index (Phi) is 6.24. The van der Waals surface area contributed by atoms with Crippen LogP contribution in [0.15, 0.2) is 0 Å². The average molecular weight is 254 g/mol. The molecule has 0 amide bonds. The van der Waals surface area contributed by atoms with E-state index in [1.807, 2.05) is 0 Å². The Bertz CT molecular complexity index is 161.